The Balaban J connectivity index is 2.05. The quantitative estimate of drug-likeness (QED) is 0.884. The summed E-state index contributed by atoms with van der Waals surface area (Å²) >= 11 is 0. The van der Waals surface area contributed by atoms with E-state index in [-0.39, 0.29) is 0 Å². The summed E-state index contributed by atoms with van der Waals surface area (Å²) in [4.78, 5) is 19.2. The molecular weight excluding hydrogens is 254 g/mol. The standard InChI is InChI=1S/C15H21N3O2/c1-9-6-11-12(7-10(9)2)18-13(17-11)8-16-14(19)20-15(3,4)5/h6-7H,8H2,1-5H3,(H,16,19)(H,17,18). The number of H-pyrrole nitrogens is 1. The molecule has 0 radical (unpaired) electrons. The van der Waals surface area contributed by atoms with Crippen LogP contribution in [0.1, 0.15) is 37.7 Å². The van der Waals surface area contributed by atoms with Crippen LogP contribution in [0.3, 0.4) is 0 Å². The van der Waals surface area contributed by atoms with Crippen molar-refractivity contribution >= 4 is 17.1 Å². The molecule has 0 saturated carbocycles. The van der Waals surface area contributed by atoms with Crippen molar-refractivity contribution in [1.82, 2.24) is 15.3 Å². The molecule has 0 aliphatic carbocycles. The molecule has 5 nitrogen and oxygen atoms in total. The Morgan fingerprint density at radius 1 is 1.30 bits per heavy atom. The number of aromatic nitrogens is 2. The fourth-order valence-electron chi connectivity index (χ4n) is 1.88. The van der Waals surface area contributed by atoms with Crippen molar-refractivity contribution in [2.75, 3.05) is 0 Å². The van der Waals surface area contributed by atoms with Gasteiger partial charge in [0.25, 0.3) is 0 Å². The van der Waals surface area contributed by atoms with Crippen molar-refractivity contribution in [1.29, 1.82) is 0 Å². The van der Waals surface area contributed by atoms with Crippen LogP contribution in [-0.2, 0) is 11.3 Å². The molecule has 5 heteroatoms. The van der Waals surface area contributed by atoms with Crippen LogP contribution in [0.2, 0.25) is 0 Å². The van der Waals surface area contributed by atoms with E-state index in [4.69, 9.17) is 4.74 Å². The van der Waals surface area contributed by atoms with Gasteiger partial charge < -0.3 is 15.0 Å². The van der Waals surface area contributed by atoms with Gasteiger partial charge in [0.1, 0.15) is 11.4 Å². The van der Waals surface area contributed by atoms with E-state index < -0.39 is 11.7 Å². The SMILES string of the molecule is Cc1cc2nc(CNC(=O)OC(C)(C)C)[nH]c2cc1C. The molecule has 2 aromatic rings. The summed E-state index contributed by atoms with van der Waals surface area (Å²) < 4.78 is 5.18. The highest BCUT2D eigenvalue weighted by Crippen LogP contribution is 2.17. The molecule has 0 saturated heterocycles. The molecule has 1 aromatic heterocycles. The second-order valence-corrected chi connectivity index (χ2v) is 5.99. The number of amides is 1. The number of carbonyl (C=O) groups excluding carboxylic acids is 1. The first-order valence-electron chi connectivity index (χ1n) is 6.67. The molecule has 1 amide bonds. The predicted octanol–water partition coefficient (Wildman–Crippen LogP) is 3.20. The number of hydrogen-bond acceptors (Lipinski definition) is 3. The van der Waals surface area contributed by atoms with Gasteiger partial charge in [-0.05, 0) is 57.9 Å². The van der Waals surface area contributed by atoms with Crippen LogP contribution < -0.4 is 5.32 Å². The Morgan fingerprint density at radius 3 is 2.60 bits per heavy atom. The molecular formula is C15H21N3O2. The highest BCUT2D eigenvalue weighted by Gasteiger charge is 2.16. The summed E-state index contributed by atoms with van der Waals surface area (Å²) in [6.45, 7) is 9.94. The molecule has 2 rings (SSSR count). The number of carbonyl (C=O) groups is 1. The van der Waals surface area contributed by atoms with E-state index in [2.05, 4.69) is 35.2 Å². The average Bonchev–Trinajstić information content (AvgIpc) is 2.67. The summed E-state index contributed by atoms with van der Waals surface area (Å²) in [5.74, 6) is 0.718. The normalized spacial score (nSPS) is 11.7. The van der Waals surface area contributed by atoms with Gasteiger partial charge in [-0.3, -0.25) is 0 Å². The van der Waals surface area contributed by atoms with E-state index in [0.29, 0.717) is 6.54 Å². The van der Waals surface area contributed by atoms with Crippen molar-refractivity contribution in [3.63, 3.8) is 0 Å². The smallest absolute Gasteiger partial charge is 0.408 e. The number of rotatable bonds is 2. The molecule has 0 bridgehead atoms. The second kappa shape index (κ2) is 5.15. The number of aromatic amines is 1. The van der Waals surface area contributed by atoms with Crippen LogP contribution in [0.4, 0.5) is 4.79 Å². The van der Waals surface area contributed by atoms with Gasteiger partial charge in [0.15, 0.2) is 0 Å². The summed E-state index contributed by atoms with van der Waals surface area (Å²) in [5, 5.41) is 2.69. The molecule has 0 fully saturated rings. The third-order valence-electron chi connectivity index (χ3n) is 2.95. The summed E-state index contributed by atoms with van der Waals surface area (Å²) in [6.07, 6.45) is -0.440. The summed E-state index contributed by atoms with van der Waals surface area (Å²) in [5.41, 5.74) is 3.82. The summed E-state index contributed by atoms with van der Waals surface area (Å²) in [6, 6.07) is 4.10. The maximum Gasteiger partial charge on any atom is 0.408 e. The lowest BCUT2D eigenvalue weighted by Crippen LogP contribution is -2.32. The highest BCUT2D eigenvalue weighted by molar-refractivity contribution is 5.77. The van der Waals surface area contributed by atoms with E-state index in [9.17, 15) is 4.79 Å². The van der Waals surface area contributed by atoms with Gasteiger partial charge >= 0.3 is 6.09 Å². The van der Waals surface area contributed by atoms with E-state index >= 15 is 0 Å². The fraction of sp³-hybridized carbons (Fsp3) is 0.467. The second-order valence-electron chi connectivity index (χ2n) is 5.99. The van der Waals surface area contributed by atoms with Crippen LogP contribution in [0.5, 0.6) is 0 Å². The Labute approximate surface area is 118 Å². The Bertz CT molecular complexity index is 599. The number of nitrogens with one attached hydrogen (secondary N) is 2. The predicted molar refractivity (Wildman–Crippen MR) is 78.6 cm³/mol. The van der Waals surface area contributed by atoms with Crippen molar-refractivity contribution in [3.8, 4) is 0 Å². The minimum atomic E-state index is -0.494. The van der Waals surface area contributed by atoms with Gasteiger partial charge in [-0.2, -0.15) is 0 Å². The van der Waals surface area contributed by atoms with Crippen LogP contribution in [0, 0.1) is 13.8 Å². The lowest BCUT2D eigenvalue weighted by Gasteiger charge is -2.19. The molecule has 1 heterocycles. The van der Waals surface area contributed by atoms with Crippen molar-refractivity contribution in [2.45, 2.75) is 46.8 Å². The number of benzene rings is 1. The third-order valence-corrected chi connectivity index (χ3v) is 2.95. The van der Waals surface area contributed by atoms with Gasteiger partial charge in [-0.25, -0.2) is 9.78 Å². The molecule has 2 N–H and O–H groups in total. The van der Waals surface area contributed by atoms with E-state index in [1.807, 2.05) is 26.8 Å². The van der Waals surface area contributed by atoms with Crippen LogP contribution in [0.15, 0.2) is 12.1 Å². The van der Waals surface area contributed by atoms with Gasteiger partial charge in [-0.1, -0.05) is 0 Å². The molecule has 0 unspecified atom stereocenters. The third kappa shape index (κ3) is 3.50. The topological polar surface area (TPSA) is 67.0 Å². The molecule has 1 aromatic carbocycles. The highest BCUT2D eigenvalue weighted by atomic mass is 16.6. The number of fused-ring (bicyclic) bond motifs is 1. The maximum absolute atomic E-state index is 11.6. The van der Waals surface area contributed by atoms with E-state index in [0.717, 1.165) is 16.9 Å². The van der Waals surface area contributed by atoms with E-state index in [1.165, 1.54) is 11.1 Å². The fourth-order valence-corrected chi connectivity index (χ4v) is 1.88. The van der Waals surface area contributed by atoms with Gasteiger partial charge in [0.05, 0.1) is 17.6 Å². The van der Waals surface area contributed by atoms with Crippen LogP contribution in [-0.4, -0.2) is 21.7 Å². The lowest BCUT2D eigenvalue weighted by molar-refractivity contribution is 0.0522. The van der Waals surface area contributed by atoms with Crippen LogP contribution in [0.25, 0.3) is 11.0 Å². The van der Waals surface area contributed by atoms with Gasteiger partial charge in [0.2, 0.25) is 0 Å². The Hall–Kier alpha value is -2.04. The monoisotopic (exact) mass is 275 g/mol. The number of imidazole rings is 1. The largest absolute Gasteiger partial charge is 0.444 e. The number of ether oxygens (including phenoxy) is 1. The number of hydrogen-bond donors (Lipinski definition) is 2. The maximum atomic E-state index is 11.6. The zero-order chi connectivity index (χ0) is 14.9. The average molecular weight is 275 g/mol. The number of aryl methyl sites for hydroxylation is 2. The minimum Gasteiger partial charge on any atom is -0.444 e. The Kier molecular flexibility index (Phi) is 3.70. The molecule has 0 aliphatic heterocycles. The van der Waals surface area contributed by atoms with Gasteiger partial charge in [0, 0.05) is 0 Å². The van der Waals surface area contributed by atoms with Crippen molar-refractivity contribution in [2.24, 2.45) is 0 Å². The van der Waals surface area contributed by atoms with Crippen molar-refractivity contribution < 1.29 is 9.53 Å². The number of nitrogens with zero attached hydrogens (tertiary/aromatic N) is 1. The number of alkyl carbamates (subject to hydrolysis) is 1. The van der Waals surface area contributed by atoms with Gasteiger partial charge in [-0.15, -0.1) is 0 Å². The summed E-state index contributed by atoms with van der Waals surface area (Å²) in [7, 11) is 0. The molecule has 108 valence electrons. The Morgan fingerprint density at radius 2 is 1.95 bits per heavy atom. The first kappa shape index (κ1) is 14.4. The first-order valence-corrected chi connectivity index (χ1v) is 6.67. The molecule has 0 spiro atoms. The molecule has 0 aliphatic rings. The molecule has 0 atom stereocenters. The van der Waals surface area contributed by atoms with Crippen molar-refractivity contribution in [3.05, 3.63) is 29.1 Å². The lowest BCUT2D eigenvalue weighted by atomic mass is 10.1. The first-order chi connectivity index (χ1) is 9.24. The van der Waals surface area contributed by atoms with Crippen LogP contribution >= 0.6 is 0 Å². The zero-order valence-corrected chi connectivity index (χ0v) is 12.6. The molecule has 20 heavy (non-hydrogen) atoms. The zero-order valence-electron chi connectivity index (χ0n) is 12.6. The minimum absolute atomic E-state index is 0.321. The van der Waals surface area contributed by atoms with E-state index in [1.54, 1.807) is 0 Å².